The fourth-order valence-corrected chi connectivity index (χ4v) is 3.48. The summed E-state index contributed by atoms with van der Waals surface area (Å²) in [5.41, 5.74) is 9.24. The second kappa shape index (κ2) is 6.01. The molecule has 0 amide bonds. The van der Waals surface area contributed by atoms with Crippen molar-refractivity contribution in [3.05, 3.63) is 46.9 Å². The van der Waals surface area contributed by atoms with E-state index in [2.05, 4.69) is 44.6 Å². The molecule has 0 unspecified atom stereocenters. The first-order valence-electron chi connectivity index (χ1n) is 8.59. The maximum absolute atomic E-state index is 5.34. The fourth-order valence-electron chi connectivity index (χ4n) is 3.48. The molecule has 2 N–H and O–H groups in total. The number of aromatic amines is 1. The Labute approximate surface area is 151 Å². The molecule has 0 spiro atoms. The van der Waals surface area contributed by atoms with Gasteiger partial charge in [-0.1, -0.05) is 5.16 Å². The molecule has 0 bridgehead atoms. The topological polar surface area (TPSA) is 84.6 Å². The van der Waals surface area contributed by atoms with Crippen LogP contribution in [0.15, 0.2) is 23.0 Å². The molecule has 134 valence electrons. The summed E-state index contributed by atoms with van der Waals surface area (Å²) >= 11 is 0. The first kappa shape index (κ1) is 16.4. The van der Waals surface area contributed by atoms with Gasteiger partial charge in [-0.25, -0.2) is 4.98 Å². The summed E-state index contributed by atoms with van der Waals surface area (Å²) in [5, 5.41) is 12.1. The van der Waals surface area contributed by atoms with Crippen molar-refractivity contribution >= 4 is 16.7 Å². The minimum Gasteiger partial charge on any atom is -0.379 e. The maximum atomic E-state index is 5.34. The lowest BCUT2D eigenvalue weighted by molar-refractivity contribution is 0.393. The average Bonchev–Trinajstić information content (AvgIpc) is 3.26. The van der Waals surface area contributed by atoms with Gasteiger partial charge in [0.25, 0.3) is 0 Å². The average molecular weight is 350 g/mol. The largest absolute Gasteiger partial charge is 0.379 e. The van der Waals surface area contributed by atoms with E-state index in [0.29, 0.717) is 6.54 Å². The molecular formula is C19H22N6O. The molecule has 0 aliphatic carbocycles. The second-order valence-electron chi connectivity index (χ2n) is 6.65. The molecule has 7 nitrogen and oxygen atoms in total. The number of hydrogen-bond donors (Lipinski definition) is 2. The highest BCUT2D eigenvalue weighted by molar-refractivity contribution is 5.93. The Morgan fingerprint density at radius 1 is 1.15 bits per heavy atom. The van der Waals surface area contributed by atoms with Gasteiger partial charge in [0.2, 0.25) is 0 Å². The Bertz CT molecular complexity index is 1080. The van der Waals surface area contributed by atoms with E-state index in [9.17, 15) is 0 Å². The first-order chi connectivity index (χ1) is 12.5. The minimum atomic E-state index is 0.693. The van der Waals surface area contributed by atoms with Crippen LogP contribution in [0.4, 0.5) is 5.69 Å². The Kier molecular flexibility index (Phi) is 3.79. The van der Waals surface area contributed by atoms with E-state index >= 15 is 0 Å². The van der Waals surface area contributed by atoms with Crippen LogP contribution in [0.1, 0.15) is 28.4 Å². The van der Waals surface area contributed by atoms with Crippen molar-refractivity contribution in [2.24, 2.45) is 7.05 Å². The summed E-state index contributed by atoms with van der Waals surface area (Å²) in [6, 6.07) is 4.19. The number of fused-ring (bicyclic) bond motifs is 1. The summed E-state index contributed by atoms with van der Waals surface area (Å²) in [6.07, 6.45) is 1.72. The standard InChI is InChI=1S/C19H22N6O/c1-10-15(12(3)25(5)23-10)8-20-16-6-14(7-17-19(16)22-9-21-17)18-11(2)24-26-13(18)4/h6-7,9,20H,8H2,1-5H3,(H,21,22). The van der Waals surface area contributed by atoms with Crippen molar-refractivity contribution in [3.63, 3.8) is 0 Å². The van der Waals surface area contributed by atoms with Crippen LogP contribution in [0, 0.1) is 27.7 Å². The van der Waals surface area contributed by atoms with E-state index in [1.165, 1.54) is 5.56 Å². The molecule has 0 fully saturated rings. The Balaban J connectivity index is 1.76. The van der Waals surface area contributed by atoms with Gasteiger partial charge in [-0.15, -0.1) is 0 Å². The SMILES string of the molecule is Cc1nn(C)c(C)c1CNc1cc(-c2c(C)noc2C)cc2[nH]cnc12. The van der Waals surface area contributed by atoms with Gasteiger partial charge in [-0.2, -0.15) is 5.10 Å². The van der Waals surface area contributed by atoms with Crippen molar-refractivity contribution in [2.45, 2.75) is 34.2 Å². The Morgan fingerprint density at radius 2 is 1.96 bits per heavy atom. The molecule has 0 saturated carbocycles. The van der Waals surface area contributed by atoms with E-state index in [1.807, 2.05) is 32.5 Å². The predicted octanol–water partition coefficient (Wildman–Crippen LogP) is 3.80. The van der Waals surface area contributed by atoms with Crippen LogP contribution in [0.3, 0.4) is 0 Å². The molecule has 1 aromatic carbocycles. The number of H-pyrrole nitrogens is 1. The number of nitrogens with zero attached hydrogens (tertiary/aromatic N) is 4. The highest BCUT2D eigenvalue weighted by Crippen LogP contribution is 2.33. The van der Waals surface area contributed by atoms with Crippen LogP contribution in [0.2, 0.25) is 0 Å². The maximum Gasteiger partial charge on any atom is 0.141 e. The van der Waals surface area contributed by atoms with E-state index in [-0.39, 0.29) is 0 Å². The first-order valence-corrected chi connectivity index (χ1v) is 8.59. The number of nitrogens with one attached hydrogen (secondary N) is 2. The summed E-state index contributed by atoms with van der Waals surface area (Å²) in [6.45, 7) is 8.70. The lowest BCUT2D eigenvalue weighted by Crippen LogP contribution is -2.03. The number of aryl methyl sites for hydroxylation is 4. The zero-order chi connectivity index (χ0) is 18.4. The van der Waals surface area contributed by atoms with Crippen LogP contribution in [0.5, 0.6) is 0 Å². The van der Waals surface area contributed by atoms with Crippen molar-refractivity contribution < 1.29 is 4.52 Å². The molecule has 0 saturated heterocycles. The van der Waals surface area contributed by atoms with Gasteiger partial charge in [0, 0.05) is 30.4 Å². The van der Waals surface area contributed by atoms with E-state index in [1.54, 1.807) is 6.33 Å². The number of rotatable bonds is 4. The van der Waals surface area contributed by atoms with Gasteiger partial charge >= 0.3 is 0 Å². The smallest absolute Gasteiger partial charge is 0.141 e. The van der Waals surface area contributed by atoms with Crippen LogP contribution >= 0.6 is 0 Å². The zero-order valence-electron chi connectivity index (χ0n) is 15.6. The van der Waals surface area contributed by atoms with Crippen molar-refractivity contribution in [3.8, 4) is 11.1 Å². The van der Waals surface area contributed by atoms with Gasteiger partial charge in [-0.3, -0.25) is 4.68 Å². The molecule has 0 radical (unpaired) electrons. The molecule has 4 rings (SSSR count). The molecule has 7 heteroatoms. The third-order valence-electron chi connectivity index (χ3n) is 4.96. The lowest BCUT2D eigenvalue weighted by atomic mass is 10.0. The van der Waals surface area contributed by atoms with Crippen LogP contribution in [-0.2, 0) is 13.6 Å². The van der Waals surface area contributed by atoms with Crippen molar-refractivity contribution in [1.29, 1.82) is 0 Å². The quantitative estimate of drug-likeness (QED) is 0.585. The molecule has 0 atom stereocenters. The summed E-state index contributed by atoms with van der Waals surface area (Å²) in [4.78, 5) is 7.68. The van der Waals surface area contributed by atoms with Crippen molar-refractivity contribution in [2.75, 3.05) is 5.32 Å². The normalized spacial score (nSPS) is 11.4. The third-order valence-corrected chi connectivity index (χ3v) is 4.96. The fraction of sp³-hybridized carbons (Fsp3) is 0.316. The van der Waals surface area contributed by atoms with Crippen molar-refractivity contribution in [1.82, 2.24) is 24.9 Å². The molecule has 0 aliphatic heterocycles. The van der Waals surface area contributed by atoms with Crippen LogP contribution in [-0.4, -0.2) is 24.9 Å². The number of hydrogen-bond acceptors (Lipinski definition) is 5. The minimum absolute atomic E-state index is 0.693. The van der Waals surface area contributed by atoms with Gasteiger partial charge in [-0.05, 0) is 45.4 Å². The van der Waals surface area contributed by atoms with Crippen LogP contribution in [0.25, 0.3) is 22.2 Å². The Morgan fingerprint density at radius 3 is 2.62 bits per heavy atom. The predicted molar refractivity (Wildman–Crippen MR) is 101 cm³/mol. The highest BCUT2D eigenvalue weighted by atomic mass is 16.5. The summed E-state index contributed by atoms with van der Waals surface area (Å²) in [7, 11) is 1.97. The van der Waals surface area contributed by atoms with E-state index in [0.717, 1.165) is 50.7 Å². The molecule has 0 aliphatic rings. The third kappa shape index (κ3) is 2.56. The van der Waals surface area contributed by atoms with E-state index < -0.39 is 0 Å². The summed E-state index contributed by atoms with van der Waals surface area (Å²) < 4.78 is 7.25. The molecule has 4 aromatic rings. The molecule has 3 aromatic heterocycles. The van der Waals surface area contributed by atoms with E-state index in [4.69, 9.17) is 4.52 Å². The number of benzene rings is 1. The van der Waals surface area contributed by atoms with Crippen LogP contribution < -0.4 is 5.32 Å². The van der Waals surface area contributed by atoms with Gasteiger partial charge < -0.3 is 14.8 Å². The number of imidazole rings is 1. The molecular weight excluding hydrogens is 328 g/mol. The zero-order valence-corrected chi connectivity index (χ0v) is 15.6. The van der Waals surface area contributed by atoms with Gasteiger partial charge in [0.05, 0.1) is 28.9 Å². The number of anilines is 1. The monoisotopic (exact) mass is 350 g/mol. The lowest BCUT2D eigenvalue weighted by Gasteiger charge is -2.10. The highest BCUT2D eigenvalue weighted by Gasteiger charge is 2.16. The number of aromatic nitrogens is 5. The summed E-state index contributed by atoms with van der Waals surface area (Å²) in [5.74, 6) is 0.811. The van der Waals surface area contributed by atoms with Gasteiger partial charge in [0.15, 0.2) is 0 Å². The Hall–Kier alpha value is -3.09. The van der Waals surface area contributed by atoms with Gasteiger partial charge in [0.1, 0.15) is 11.3 Å². The second-order valence-corrected chi connectivity index (χ2v) is 6.65. The molecule has 26 heavy (non-hydrogen) atoms. The molecule has 3 heterocycles.